The van der Waals surface area contributed by atoms with Crippen LogP contribution >= 0.6 is 0 Å². The molecule has 0 aromatic carbocycles. The molecule has 1 aliphatic heterocycles. The van der Waals surface area contributed by atoms with Crippen LogP contribution < -0.4 is 5.56 Å². The summed E-state index contributed by atoms with van der Waals surface area (Å²) in [5, 5.41) is 4.09. The first-order valence-electron chi connectivity index (χ1n) is 6.09. The van der Waals surface area contributed by atoms with Crippen molar-refractivity contribution < 1.29 is 9.53 Å². The van der Waals surface area contributed by atoms with Gasteiger partial charge in [0.15, 0.2) is 0 Å². The van der Waals surface area contributed by atoms with Crippen molar-refractivity contribution in [2.24, 2.45) is 0 Å². The third-order valence-electron chi connectivity index (χ3n) is 2.99. The molecule has 0 N–H and O–H groups in total. The fourth-order valence-electron chi connectivity index (χ4n) is 1.98. The summed E-state index contributed by atoms with van der Waals surface area (Å²) in [5.41, 5.74) is 0.109. The highest BCUT2D eigenvalue weighted by molar-refractivity contribution is 5.92. The number of aromatic nitrogens is 2. The Morgan fingerprint density at radius 1 is 1.39 bits per heavy atom. The van der Waals surface area contributed by atoms with Gasteiger partial charge < -0.3 is 9.64 Å². The molecule has 0 atom stereocenters. The summed E-state index contributed by atoms with van der Waals surface area (Å²) in [6.45, 7) is 2.31. The molecule has 1 saturated heterocycles. The largest absolute Gasteiger partial charge is 0.383 e. The van der Waals surface area contributed by atoms with E-state index in [9.17, 15) is 9.59 Å². The van der Waals surface area contributed by atoms with Crippen LogP contribution in [0.15, 0.2) is 16.9 Å². The minimum absolute atomic E-state index is 0.0985. The van der Waals surface area contributed by atoms with E-state index in [0.717, 1.165) is 25.9 Å². The summed E-state index contributed by atoms with van der Waals surface area (Å²) in [5.74, 6) is -0.0985. The molecule has 1 amide bonds. The summed E-state index contributed by atoms with van der Waals surface area (Å²) < 4.78 is 6.18. The van der Waals surface area contributed by atoms with E-state index in [1.165, 1.54) is 16.8 Å². The minimum atomic E-state index is -0.218. The van der Waals surface area contributed by atoms with E-state index in [0.29, 0.717) is 18.8 Å². The van der Waals surface area contributed by atoms with Crippen LogP contribution in [-0.4, -0.2) is 47.4 Å². The van der Waals surface area contributed by atoms with Crippen LogP contribution in [0.1, 0.15) is 23.3 Å². The van der Waals surface area contributed by atoms with Gasteiger partial charge in [-0.3, -0.25) is 9.59 Å². The second-order valence-electron chi connectivity index (χ2n) is 4.27. The molecule has 1 aromatic heterocycles. The topological polar surface area (TPSA) is 64.4 Å². The Hall–Kier alpha value is -1.69. The fraction of sp³-hybridized carbons (Fsp3) is 0.583. The van der Waals surface area contributed by atoms with Crippen LogP contribution in [0.4, 0.5) is 0 Å². The number of carbonyl (C=O) groups is 1. The van der Waals surface area contributed by atoms with Crippen molar-refractivity contribution in [2.45, 2.75) is 19.4 Å². The number of amides is 1. The quantitative estimate of drug-likeness (QED) is 0.762. The number of carbonyl (C=O) groups excluding carboxylic acids is 1. The number of rotatable bonds is 4. The van der Waals surface area contributed by atoms with Crippen molar-refractivity contribution in [1.82, 2.24) is 14.7 Å². The zero-order chi connectivity index (χ0) is 13.0. The van der Waals surface area contributed by atoms with Gasteiger partial charge in [0.25, 0.3) is 11.5 Å². The second-order valence-corrected chi connectivity index (χ2v) is 4.27. The van der Waals surface area contributed by atoms with Crippen LogP contribution in [-0.2, 0) is 11.3 Å². The van der Waals surface area contributed by atoms with Crippen LogP contribution in [0.25, 0.3) is 0 Å². The average molecular weight is 251 g/mol. The third kappa shape index (κ3) is 2.76. The third-order valence-corrected chi connectivity index (χ3v) is 2.99. The zero-order valence-electron chi connectivity index (χ0n) is 10.5. The predicted octanol–water partition coefficient (Wildman–Crippen LogP) is 0.126. The van der Waals surface area contributed by atoms with E-state index < -0.39 is 0 Å². The van der Waals surface area contributed by atoms with E-state index in [1.54, 1.807) is 12.0 Å². The standard InChI is InChI=1S/C12H17N3O3/c1-18-9-8-15-11(16)5-4-10(13-15)12(17)14-6-2-3-7-14/h4-5H,2-3,6-9H2,1H3. The monoisotopic (exact) mass is 251 g/mol. The lowest BCUT2D eigenvalue weighted by Crippen LogP contribution is -2.32. The fourth-order valence-corrected chi connectivity index (χ4v) is 1.98. The molecule has 0 radical (unpaired) electrons. The number of hydrogen-bond donors (Lipinski definition) is 0. The second kappa shape index (κ2) is 5.77. The Morgan fingerprint density at radius 2 is 2.11 bits per heavy atom. The number of hydrogen-bond acceptors (Lipinski definition) is 4. The van der Waals surface area contributed by atoms with Crippen molar-refractivity contribution in [3.8, 4) is 0 Å². The lowest BCUT2D eigenvalue weighted by Gasteiger charge is -2.14. The summed E-state index contributed by atoms with van der Waals surface area (Å²) in [6, 6.07) is 2.87. The molecule has 1 aromatic rings. The molecule has 98 valence electrons. The Bertz CT molecular complexity index is 478. The Labute approximate surface area is 105 Å². The SMILES string of the molecule is COCCn1nc(C(=O)N2CCCC2)ccc1=O. The van der Waals surface area contributed by atoms with Gasteiger partial charge in [0, 0.05) is 26.3 Å². The van der Waals surface area contributed by atoms with Gasteiger partial charge >= 0.3 is 0 Å². The van der Waals surface area contributed by atoms with Gasteiger partial charge in [-0.15, -0.1) is 0 Å². The number of nitrogens with zero attached hydrogens (tertiary/aromatic N) is 3. The molecule has 1 fully saturated rings. The van der Waals surface area contributed by atoms with Gasteiger partial charge in [0.1, 0.15) is 5.69 Å². The normalized spacial score (nSPS) is 15.1. The van der Waals surface area contributed by atoms with Gasteiger partial charge in [0.2, 0.25) is 0 Å². The molecule has 18 heavy (non-hydrogen) atoms. The van der Waals surface area contributed by atoms with Crippen molar-refractivity contribution in [2.75, 3.05) is 26.8 Å². The molecule has 0 aliphatic carbocycles. The molecule has 1 aliphatic rings. The minimum Gasteiger partial charge on any atom is -0.383 e. The molecule has 0 spiro atoms. The lowest BCUT2D eigenvalue weighted by atomic mass is 10.3. The smallest absolute Gasteiger partial charge is 0.274 e. The highest BCUT2D eigenvalue weighted by Crippen LogP contribution is 2.10. The van der Waals surface area contributed by atoms with E-state index in [4.69, 9.17) is 4.74 Å². The zero-order valence-corrected chi connectivity index (χ0v) is 10.5. The maximum absolute atomic E-state index is 12.1. The summed E-state index contributed by atoms with van der Waals surface area (Å²) in [7, 11) is 1.56. The molecular weight excluding hydrogens is 234 g/mol. The van der Waals surface area contributed by atoms with Gasteiger partial charge in [-0.25, -0.2) is 4.68 Å². The van der Waals surface area contributed by atoms with Gasteiger partial charge in [-0.05, 0) is 18.9 Å². The van der Waals surface area contributed by atoms with Crippen LogP contribution in [0.3, 0.4) is 0 Å². The summed E-state index contributed by atoms with van der Waals surface area (Å²) in [4.78, 5) is 25.4. The molecule has 2 heterocycles. The maximum atomic E-state index is 12.1. The first-order valence-corrected chi connectivity index (χ1v) is 6.09. The summed E-state index contributed by atoms with van der Waals surface area (Å²) >= 11 is 0. The lowest BCUT2D eigenvalue weighted by molar-refractivity contribution is 0.0783. The highest BCUT2D eigenvalue weighted by Gasteiger charge is 2.21. The van der Waals surface area contributed by atoms with E-state index >= 15 is 0 Å². The Morgan fingerprint density at radius 3 is 2.78 bits per heavy atom. The predicted molar refractivity (Wildman–Crippen MR) is 65.5 cm³/mol. The maximum Gasteiger partial charge on any atom is 0.274 e. The van der Waals surface area contributed by atoms with E-state index in [2.05, 4.69) is 5.10 Å². The van der Waals surface area contributed by atoms with Crippen LogP contribution in [0.2, 0.25) is 0 Å². The highest BCUT2D eigenvalue weighted by atomic mass is 16.5. The van der Waals surface area contributed by atoms with Crippen LogP contribution in [0, 0.1) is 0 Å². The molecule has 6 heteroatoms. The number of methoxy groups -OCH3 is 1. The molecule has 0 saturated carbocycles. The molecule has 0 bridgehead atoms. The van der Waals surface area contributed by atoms with Gasteiger partial charge in [0.05, 0.1) is 13.2 Å². The van der Waals surface area contributed by atoms with Crippen molar-refractivity contribution in [1.29, 1.82) is 0 Å². The van der Waals surface area contributed by atoms with Crippen LogP contribution in [0.5, 0.6) is 0 Å². The number of ether oxygens (including phenoxy) is 1. The number of likely N-dealkylation sites (tertiary alicyclic amines) is 1. The first kappa shape index (κ1) is 12.8. The van der Waals surface area contributed by atoms with Crippen molar-refractivity contribution >= 4 is 5.91 Å². The van der Waals surface area contributed by atoms with Crippen molar-refractivity contribution in [3.63, 3.8) is 0 Å². The van der Waals surface area contributed by atoms with E-state index in [1.807, 2.05) is 0 Å². The Balaban J connectivity index is 2.17. The van der Waals surface area contributed by atoms with E-state index in [-0.39, 0.29) is 11.5 Å². The molecule has 6 nitrogen and oxygen atoms in total. The molecule has 2 rings (SSSR count). The molecule has 0 unspecified atom stereocenters. The summed E-state index contributed by atoms with van der Waals surface area (Å²) in [6.07, 6.45) is 2.07. The Kier molecular flexibility index (Phi) is 4.09. The first-order chi connectivity index (χ1) is 8.72. The molecular formula is C12H17N3O3. The van der Waals surface area contributed by atoms with Gasteiger partial charge in [-0.2, -0.15) is 5.10 Å². The van der Waals surface area contributed by atoms with Crippen molar-refractivity contribution in [3.05, 3.63) is 28.2 Å². The average Bonchev–Trinajstić information content (AvgIpc) is 2.91. The van der Waals surface area contributed by atoms with Gasteiger partial charge in [-0.1, -0.05) is 0 Å².